The predicted octanol–water partition coefficient (Wildman–Crippen LogP) is 1.12. The lowest BCUT2D eigenvalue weighted by Gasteiger charge is -2.36. The molecule has 6 nitrogen and oxygen atoms in total. The zero-order chi connectivity index (χ0) is 14.8. The predicted molar refractivity (Wildman–Crippen MR) is 78.1 cm³/mol. The molecule has 2 saturated heterocycles. The molecule has 1 aliphatic carbocycles. The molecule has 21 heavy (non-hydrogen) atoms. The van der Waals surface area contributed by atoms with Crippen molar-refractivity contribution in [3.63, 3.8) is 0 Å². The number of carbonyl (C=O) groups is 2. The number of nitrogens with one attached hydrogen (secondary N) is 1. The summed E-state index contributed by atoms with van der Waals surface area (Å²) in [7, 11) is 0. The first-order valence-electron chi connectivity index (χ1n) is 8.19. The molecule has 6 heteroatoms. The summed E-state index contributed by atoms with van der Waals surface area (Å²) in [4.78, 5) is 28.0. The lowest BCUT2D eigenvalue weighted by molar-refractivity contribution is -0.141. The van der Waals surface area contributed by atoms with Crippen molar-refractivity contribution in [1.29, 1.82) is 0 Å². The van der Waals surface area contributed by atoms with Crippen molar-refractivity contribution < 1.29 is 14.7 Å². The molecule has 0 radical (unpaired) electrons. The third-order valence-corrected chi connectivity index (χ3v) is 5.20. The van der Waals surface area contributed by atoms with Crippen LogP contribution in [0.2, 0.25) is 0 Å². The van der Waals surface area contributed by atoms with Crippen LogP contribution >= 0.6 is 0 Å². The van der Waals surface area contributed by atoms with Gasteiger partial charge in [0.15, 0.2) is 0 Å². The minimum atomic E-state index is -0.842. The van der Waals surface area contributed by atoms with Crippen LogP contribution in [0.4, 0.5) is 4.79 Å². The third-order valence-electron chi connectivity index (χ3n) is 5.20. The van der Waals surface area contributed by atoms with Gasteiger partial charge in [0.25, 0.3) is 0 Å². The SMILES string of the molecule is O=C(O)C1CC2CCCCC2N1C(=O)N1CCCNCC1. The Labute approximate surface area is 125 Å². The van der Waals surface area contributed by atoms with Crippen LogP contribution in [-0.4, -0.2) is 65.2 Å². The number of carbonyl (C=O) groups excluding carboxylic acids is 1. The number of rotatable bonds is 1. The number of hydrogen-bond donors (Lipinski definition) is 2. The van der Waals surface area contributed by atoms with Crippen molar-refractivity contribution in [2.45, 2.75) is 50.6 Å². The fraction of sp³-hybridized carbons (Fsp3) is 0.867. The molecule has 2 N–H and O–H groups in total. The Morgan fingerprint density at radius 1 is 1.05 bits per heavy atom. The van der Waals surface area contributed by atoms with E-state index in [1.807, 2.05) is 4.90 Å². The van der Waals surface area contributed by atoms with Gasteiger partial charge in [0.05, 0.1) is 0 Å². The van der Waals surface area contributed by atoms with Crippen LogP contribution in [-0.2, 0) is 4.79 Å². The van der Waals surface area contributed by atoms with E-state index in [1.54, 1.807) is 4.90 Å². The number of fused-ring (bicyclic) bond motifs is 1. The van der Waals surface area contributed by atoms with Gasteiger partial charge in [0.2, 0.25) is 0 Å². The van der Waals surface area contributed by atoms with Gasteiger partial charge in [-0.2, -0.15) is 0 Å². The summed E-state index contributed by atoms with van der Waals surface area (Å²) >= 11 is 0. The first-order chi connectivity index (χ1) is 10.2. The zero-order valence-electron chi connectivity index (χ0n) is 12.5. The van der Waals surface area contributed by atoms with E-state index in [2.05, 4.69) is 5.32 Å². The van der Waals surface area contributed by atoms with Crippen molar-refractivity contribution in [3.8, 4) is 0 Å². The monoisotopic (exact) mass is 295 g/mol. The number of aliphatic carboxylic acids is 1. The summed E-state index contributed by atoms with van der Waals surface area (Å²) in [5, 5.41) is 12.8. The van der Waals surface area contributed by atoms with Gasteiger partial charge in [-0.25, -0.2) is 9.59 Å². The molecule has 3 atom stereocenters. The lowest BCUT2D eigenvalue weighted by atomic mass is 9.85. The molecule has 0 aromatic carbocycles. The van der Waals surface area contributed by atoms with Crippen LogP contribution in [0.5, 0.6) is 0 Å². The number of carboxylic acids is 1. The third kappa shape index (κ3) is 2.86. The van der Waals surface area contributed by atoms with E-state index in [1.165, 1.54) is 6.42 Å². The second-order valence-corrected chi connectivity index (χ2v) is 6.48. The number of carboxylic acid groups (broad SMARTS) is 1. The molecule has 3 aliphatic rings. The Hall–Kier alpha value is -1.30. The van der Waals surface area contributed by atoms with Gasteiger partial charge < -0.3 is 20.2 Å². The Morgan fingerprint density at radius 2 is 1.86 bits per heavy atom. The van der Waals surface area contributed by atoms with Crippen molar-refractivity contribution >= 4 is 12.0 Å². The van der Waals surface area contributed by atoms with Gasteiger partial charge in [-0.1, -0.05) is 12.8 Å². The van der Waals surface area contributed by atoms with E-state index in [0.717, 1.165) is 45.3 Å². The highest BCUT2D eigenvalue weighted by molar-refractivity contribution is 5.84. The van der Waals surface area contributed by atoms with E-state index in [-0.39, 0.29) is 12.1 Å². The van der Waals surface area contributed by atoms with Crippen LogP contribution < -0.4 is 5.32 Å². The molecular weight excluding hydrogens is 270 g/mol. The summed E-state index contributed by atoms with van der Waals surface area (Å²) in [5.74, 6) is -0.459. The Balaban J connectivity index is 1.78. The Morgan fingerprint density at radius 3 is 2.67 bits per heavy atom. The first-order valence-corrected chi connectivity index (χ1v) is 8.19. The van der Waals surface area contributed by atoms with Crippen LogP contribution in [0.15, 0.2) is 0 Å². The van der Waals surface area contributed by atoms with Gasteiger partial charge in [-0.05, 0) is 38.1 Å². The highest BCUT2D eigenvalue weighted by atomic mass is 16.4. The molecule has 2 heterocycles. The van der Waals surface area contributed by atoms with Crippen LogP contribution in [0.25, 0.3) is 0 Å². The fourth-order valence-electron chi connectivity index (χ4n) is 4.16. The minimum Gasteiger partial charge on any atom is -0.480 e. The lowest BCUT2D eigenvalue weighted by Crippen LogP contribution is -2.52. The average molecular weight is 295 g/mol. The molecule has 0 bridgehead atoms. The Bertz CT molecular complexity index is 407. The van der Waals surface area contributed by atoms with E-state index in [9.17, 15) is 14.7 Å². The van der Waals surface area contributed by atoms with Crippen molar-refractivity contribution in [2.24, 2.45) is 5.92 Å². The number of urea groups is 1. The van der Waals surface area contributed by atoms with Gasteiger partial charge in [0.1, 0.15) is 6.04 Å². The summed E-state index contributed by atoms with van der Waals surface area (Å²) in [5.41, 5.74) is 0. The van der Waals surface area contributed by atoms with Gasteiger partial charge in [-0.3, -0.25) is 0 Å². The smallest absolute Gasteiger partial charge is 0.326 e. The van der Waals surface area contributed by atoms with E-state index < -0.39 is 12.0 Å². The largest absolute Gasteiger partial charge is 0.480 e. The molecule has 0 aromatic heterocycles. The van der Waals surface area contributed by atoms with Gasteiger partial charge in [-0.15, -0.1) is 0 Å². The molecule has 2 amide bonds. The van der Waals surface area contributed by atoms with E-state index in [0.29, 0.717) is 18.9 Å². The molecule has 0 spiro atoms. The van der Waals surface area contributed by atoms with Crippen molar-refractivity contribution in [3.05, 3.63) is 0 Å². The maximum Gasteiger partial charge on any atom is 0.326 e. The summed E-state index contributed by atoms with van der Waals surface area (Å²) in [6.07, 6.45) is 5.89. The number of nitrogens with zero attached hydrogens (tertiary/aromatic N) is 2. The molecule has 1 saturated carbocycles. The van der Waals surface area contributed by atoms with Crippen LogP contribution in [0.3, 0.4) is 0 Å². The molecule has 2 aliphatic heterocycles. The zero-order valence-corrected chi connectivity index (χ0v) is 12.5. The topological polar surface area (TPSA) is 72.9 Å². The quantitative estimate of drug-likeness (QED) is 0.760. The normalized spacial score (nSPS) is 33.4. The highest BCUT2D eigenvalue weighted by Gasteiger charge is 2.48. The van der Waals surface area contributed by atoms with Crippen LogP contribution in [0, 0.1) is 5.92 Å². The average Bonchev–Trinajstić information content (AvgIpc) is 2.67. The maximum absolute atomic E-state index is 12.9. The molecular formula is C15H25N3O3. The highest BCUT2D eigenvalue weighted by Crippen LogP contribution is 2.40. The summed E-state index contributed by atoms with van der Waals surface area (Å²) in [6, 6.07) is -0.536. The van der Waals surface area contributed by atoms with E-state index >= 15 is 0 Å². The van der Waals surface area contributed by atoms with Gasteiger partial charge in [0, 0.05) is 25.7 Å². The second-order valence-electron chi connectivity index (χ2n) is 6.48. The number of likely N-dealkylation sites (tertiary alicyclic amines) is 1. The van der Waals surface area contributed by atoms with E-state index in [4.69, 9.17) is 0 Å². The fourth-order valence-corrected chi connectivity index (χ4v) is 4.16. The molecule has 3 fully saturated rings. The summed E-state index contributed by atoms with van der Waals surface area (Å²) < 4.78 is 0. The molecule has 3 rings (SSSR count). The number of hydrogen-bond acceptors (Lipinski definition) is 3. The van der Waals surface area contributed by atoms with Crippen molar-refractivity contribution in [1.82, 2.24) is 15.1 Å². The molecule has 3 unspecified atom stereocenters. The van der Waals surface area contributed by atoms with Crippen LogP contribution in [0.1, 0.15) is 38.5 Å². The molecule has 0 aromatic rings. The minimum absolute atomic E-state index is 0.0551. The first kappa shape index (κ1) is 14.6. The number of amides is 2. The molecule has 118 valence electrons. The Kier molecular flexibility index (Phi) is 4.33. The maximum atomic E-state index is 12.9. The summed E-state index contributed by atoms with van der Waals surface area (Å²) in [6.45, 7) is 3.13. The standard InChI is InChI=1S/C15H25N3O3/c19-14(20)13-10-11-4-1-2-5-12(11)18(13)15(21)17-8-3-6-16-7-9-17/h11-13,16H,1-10H2,(H,19,20). The second kappa shape index (κ2) is 6.22. The van der Waals surface area contributed by atoms with Crippen molar-refractivity contribution in [2.75, 3.05) is 26.2 Å². The van der Waals surface area contributed by atoms with Gasteiger partial charge >= 0.3 is 12.0 Å².